The van der Waals surface area contributed by atoms with Crippen LogP contribution in [0, 0.1) is 0 Å². The van der Waals surface area contributed by atoms with Gasteiger partial charge in [-0.25, -0.2) is 0 Å². The van der Waals surface area contributed by atoms with Gasteiger partial charge in [-0.15, -0.1) is 0 Å². The second-order valence-corrected chi connectivity index (χ2v) is 9.30. The normalized spacial score (nSPS) is 10.7. The smallest absolute Gasteiger partial charge is 0.251 e. The first-order valence-electron chi connectivity index (χ1n) is 14.0. The lowest BCUT2D eigenvalue weighted by Crippen LogP contribution is -2.27. The van der Waals surface area contributed by atoms with E-state index in [1.54, 1.807) is 12.1 Å². The molecule has 1 amide bonds. The van der Waals surface area contributed by atoms with E-state index in [2.05, 4.69) is 36.2 Å². The molecular weight excluding hydrogens is 532 g/mol. The lowest BCUT2D eigenvalue weighted by Gasteiger charge is -2.12. The van der Waals surface area contributed by atoms with Crippen molar-refractivity contribution >= 4 is 23.8 Å². The van der Waals surface area contributed by atoms with E-state index in [0.29, 0.717) is 82.6 Å². The summed E-state index contributed by atoms with van der Waals surface area (Å²) in [6.07, 6.45) is 0. The Morgan fingerprint density at radius 1 is 0.595 bits per heavy atom. The highest BCUT2D eigenvalue weighted by atomic mass is 16.5. The first kappa shape index (κ1) is 30.4. The summed E-state index contributed by atoms with van der Waals surface area (Å²) in [5.41, 5.74) is 9.16. The number of carbonyl (C=O) groups is 1. The van der Waals surface area contributed by atoms with Crippen LogP contribution in [0.3, 0.4) is 0 Å². The van der Waals surface area contributed by atoms with Gasteiger partial charge in [-0.3, -0.25) is 4.79 Å². The van der Waals surface area contributed by atoms with Gasteiger partial charge in [0.1, 0.15) is 0 Å². The van der Waals surface area contributed by atoms with Crippen molar-refractivity contribution < 1.29 is 14.3 Å². The molecule has 11 heteroatoms. The van der Waals surface area contributed by atoms with Crippen LogP contribution in [0.5, 0.6) is 0 Å². The van der Waals surface area contributed by atoms with Gasteiger partial charge < -0.3 is 36.5 Å². The Bertz CT molecular complexity index is 1280. The van der Waals surface area contributed by atoms with E-state index in [0.717, 1.165) is 16.7 Å². The number of nitrogens with two attached hydrogens (primary N) is 1. The summed E-state index contributed by atoms with van der Waals surface area (Å²) in [5.74, 6) is 1.21. The standard InChI is InChI=1S/C31H38N8O3/c32-15-17-41-19-20-42-18-16-33-28(40)27-13-11-26(12-14-27)23-36-31-38-29(34-21-24-7-3-1-4-8-24)37-30(39-31)35-22-25-9-5-2-6-10-25/h1-14H,15-23,32H2,(H,33,40)(H3,34,35,36,37,38,39). The third kappa shape index (κ3) is 10.8. The molecule has 0 fully saturated rings. The first-order chi connectivity index (χ1) is 20.7. The molecule has 4 rings (SSSR count). The van der Waals surface area contributed by atoms with Gasteiger partial charge in [0.25, 0.3) is 5.91 Å². The SMILES string of the molecule is NCCOCCOCCNC(=O)c1ccc(CNc2nc(NCc3ccccc3)nc(NCc3ccccc3)n2)cc1. The molecule has 0 bridgehead atoms. The van der Waals surface area contributed by atoms with Crippen molar-refractivity contribution in [1.29, 1.82) is 0 Å². The molecule has 0 saturated heterocycles. The van der Waals surface area contributed by atoms with E-state index in [-0.39, 0.29) is 5.91 Å². The van der Waals surface area contributed by atoms with Crippen LogP contribution in [-0.2, 0) is 29.1 Å². The Kier molecular flexibility index (Phi) is 12.5. The summed E-state index contributed by atoms with van der Waals surface area (Å²) in [6.45, 7) is 4.43. The van der Waals surface area contributed by atoms with Crippen molar-refractivity contribution in [2.45, 2.75) is 19.6 Å². The van der Waals surface area contributed by atoms with Crippen molar-refractivity contribution in [3.8, 4) is 0 Å². The Morgan fingerprint density at radius 3 is 1.52 bits per heavy atom. The van der Waals surface area contributed by atoms with Crippen molar-refractivity contribution in [2.75, 3.05) is 55.5 Å². The molecule has 1 aromatic heterocycles. The van der Waals surface area contributed by atoms with Crippen LogP contribution in [0.2, 0.25) is 0 Å². The summed E-state index contributed by atoms with van der Waals surface area (Å²) in [6, 6.07) is 27.5. The van der Waals surface area contributed by atoms with E-state index in [9.17, 15) is 4.79 Å². The lowest BCUT2D eigenvalue weighted by molar-refractivity contribution is 0.0511. The minimum absolute atomic E-state index is 0.154. The number of anilines is 3. The number of nitrogens with one attached hydrogen (secondary N) is 4. The zero-order valence-corrected chi connectivity index (χ0v) is 23.6. The number of carbonyl (C=O) groups excluding carboxylic acids is 1. The third-order valence-corrected chi connectivity index (χ3v) is 6.06. The number of nitrogens with zero attached hydrogens (tertiary/aromatic N) is 3. The second-order valence-electron chi connectivity index (χ2n) is 9.30. The summed E-state index contributed by atoms with van der Waals surface area (Å²) in [5, 5.41) is 12.7. The topological polar surface area (TPSA) is 148 Å². The van der Waals surface area contributed by atoms with Gasteiger partial charge in [0.2, 0.25) is 17.8 Å². The summed E-state index contributed by atoms with van der Waals surface area (Å²) < 4.78 is 10.7. The highest BCUT2D eigenvalue weighted by Crippen LogP contribution is 2.14. The Hall–Kier alpha value is -4.58. The predicted molar refractivity (Wildman–Crippen MR) is 164 cm³/mol. The molecule has 3 aromatic carbocycles. The van der Waals surface area contributed by atoms with Gasteiger partial charge in [-0.1, -0.05) is 72.8 Å². The van der Waals surface area contributed by atoms with Gasteiger partial charge in [-0.05, 0) is 28.8 Å². The zero-order chi connectivity index (χ0) is 29.2. The number of benzene rings is 3. The number of rotatable bonds is 18. The monoisotopic (exact) mass is 570 g/mol. The van der Waals surface area contributed by atoms with E-state index >= 15 is 0 Å². The molecule has 0 saturated carbocycles. The number of ether oxygens (including phenoxy) is 2. The third-order valence-electron chi connectivity index (χ3n) is 6.06. The molecule has 220 valence electrons. The molecule has 0 unspecified atom stereocenters. The highest BCUT2D eigenvalue weighted by molar-refractivity contribution is 5.94. The number of hydrogen-bond donors (Lipinski definition) is 5. The Morgan fingerprint density at radius 2 is 1.05 bits per heavy atom. The molecule has 0 spiro atoms. The maximum atomic E-state index is 12.5. The van der Waals surface area contributed by atoms with Crippen LogP contribution in [0.25, 0.3) is 0 Å². The molecular formula is C31H38N8O3. The van der Waals surface area contributed by atoms with Gasteiger partial charge in [0, 0.05) is 38.3 Å². The highest BCUT2D eigenvalue weighted by Gasteiger charge is 2.09. The quantitative estimate of drug-likeness (QED) is 0.113. The second kappa shape index (κ2) is 17.3. The fourth-order valence-electron chi connectivity index (χ4n) is 3.87. The molecule has 1 heterocycles. The number of hydrogen-bond acceptors (Lipinski definition) is 10. The van der Waals surface area contributed by atoms with Crippen molar-refractivity contribution in [2.24, 2.45) is 5.73 Å². The molecule has 42 heavy (non-hydrogen) atoms. The molecule has 0 aliphatic rings. The van der Waals surface area contributed by atoms with Gasteiger partial charge in [-0.2, -0.15) is 15.0 Å². The average molecular weight is 571 g/mol. The lowest BCUT2D eigenvalue weighted by atomic mass is 10.1. The van der Waals surface area contributed by atoms with E-state index in [1.807, 2.05) is 72.8 Å². The van der Waals surface area contributed by atoms with Crippen LogP contribution < -0.4 is 27.0 Å². The fraction of sp³-hybridized carbons (Fsp3) is 0.290. The van der Waals surface area contributed by atoms with Crippen molar-refractivity contribution in [3.63, 3.8) is 0 Å². The maximum absolute atomic E-state index is 12.5. The van der Waals surface area contributed by atoms with Crippen LogP contribution >= 0.6 is 0 Å². The Balaban J connectivity index is 1.30. The minimum atomic E-state index is -0.154. The van der Waals surface area contributed by atoms with Crippen LogP contribution in [0.1, 0.15) is 27.0 Å². The largest absolute Gasteiger partial charge is 0.378 e. The number of amides is 1. The van der Waals surface area contributed by atoms with E-state index < -0.39 is 0 Å². The van der Waals surface area contributed by atoms with Crippen LogP contribution in [0.4, 0.5) is 17.8 Å². The molecule has 0 aliphatic heterocycles. The summed E-state index contributed by atoms with van der Waals surface area (Å²) >= 11 is 0. The summed E-state index contributed by atoms with van der Waals surface area (Å²) in [7, 11) is 0. The molecule has 4 aromatic rings. The molecule has 0 aliphatic carbocycles. The minimum Gasteiger partial charge on any atom is -0.378 e. The van der Waals surface area contributed by atoms with Gasteiger partial charge in [0.05, 0.1) is 26.4 Å². The van der Waals surface area contributed by atoms with Gasteiger partial charge >= 0.3 is 0 Å². The van der Waals surface area contributed by atoms with Crippen molar-refractivity contribution in [1.82, 2.24) is 20.3 Å². The Labute approximate surface area is 246 Å². The molecule has 0 radical (unpaired) electrons. The molecule has 6 N–H and O–H groups in total. The van der Waals surface area contributed by atoms with E-state index in [1.165, 1.54) is 0 Å². The predicted octanol–water partition coefficient (Wildman–Crippen LogP) is 3.43. The van der Waals surface area contributed by atoms with E-state index in [4.69, 9.17) is 15.2 Å². The average Bonchev–Trinajstić information content (AvgIpc) is 3.04. The van der Waals surface area contributed by atoms with Crippen LogP contribution in [-0.4, -0.2) is 60.4 Å². The first-order valence-corrected chi connectivity index (χ1v) is 14.0. The maximum Gasteiger partial charge on any atom is 0.251 e. The molecule has 11 nitrogen and oxygen atoms in total. The fourth-order valence-corrected chi connectivity index (χ4v) is 3.87. The van der Waals surface area contributed by atoms with Gasteiger partial charge in [0.15, 0.2) is 0 Å². The van der Waals surface area contributed by atoms with Crippen molar-refractivity contribution in [3.05, 3.63) is 107 Å². The van der Waals surface area contributed by atoms with Crippen LogP contribution in [0.15, 0.2) is 84.9 Å². The zero-order valence-electron chi connectivity index (χ0n) is 23.6. The molecule has 0 atom stereocenters. The summed E-state index contributed by atoms with van der Waals surface area (Å²) in [4.78, 5) is 26.1. The number of aromatic nitrogens is 3.